The van der Waals surface area contributed by atoms with Crippen molar-refractivity contribution in [3.05, 3.63) is 53.8 Å². The number of benzene rings is 2. The first-order valence-corrected chi connectivity index (χ1v) is 10.0. The molecule has 5 nitrogen and oxygen atoms in total. The molecule has 0 fully saturated rings. The monoisotopic (exact) mass is 379 g/mol. The summed E-state index contributed by atoms with van der Waals surface area (Å²) in [6.45, 7) is 3.85. The number of nitrogens with zero attached hydrogens (tertiary/aromatic N) is 2. The van der Waals surface area contributed by atoms with Gasteiger partial charge in [0, 0.05) is 12.6 Å². The summed E-state index contributed by atoms with van der Waals surface area (Å²) in [5.41, 5.74) is 6.98. The molecule has 2 aromatic carbocycles. The van der Waals surface area contributed by atoms with Crippen LogP contribution in [0.15, 0.2) is 47.4 Å². The number of halogens is 1. The Labute approximate surface area is 150 Å². The molecule has 1 heterocycles. The summed E-state index contributed by atoms with van der Waals surface area (Å²) in [7, 11) is -3.73. The van der Waals surface area contributed by atoms with Crippen molar-refractivity contribution in [1.29, 1.82) is 0 Å². The number of hydrogen-bond acceptors (Lipinski definition) is 5. The fraction of sp³-hybridized carbons (Fsp3) is 0.235. The second kappa shape index (κ2) is 6.70. The molecule has 1 aromatic heterocycles. The summed E-state index contributed by atoms with van der Waals surface area (Å²) in [4.78, 5) is 4.32. The highest BCUT2D eigenvalue weighted by Gasteiger charge is 2.29. The number of fused-ring (bicyclic) bond motifs is 1. The van der Waals surface area contributed by atoms with E-state index in [0.717, 1.165) is 10.3 Å². The molecule has 132 valence electrons. The maximum absolute atomic E-state index is 13.1. The minimum absolute atomic E-state index is 0.168. The summed E-state index contributed by atoms with van der Waals surface area (Å²) in [5.74, 6) is -0.353. The first kappa shape index (κ1) is 17.8. The second-order valence-electron chi connectivity index (χ2n) is 5.62. The maximum atomic E-state index is 13.1. The third kappa shape index (κ3) is 3.37. The third-order valence-electron chi connectivity index (χ3n) is 4.08. The molecule has 0 aliphatic rings. The molecule has 0 spiro atoms. The molecule has 3 rings (SSSR count). The van der Waals surface area contributed by atoms with E-state index in [2.05, 4.69) is 4.98 Å². The van der Waals surface area contributed by atoms with E-state index in [1.54, 1.807) is 38.1 Å². The van der Waals surface area contributed by atoms with Gasteiger partial charge in [0.05, 0.1) is 15.1 Å². The van der Waals surface area contributed by atoms with Crippen LogP contribution >= 0.6 is 11.3 Å². The molecule has 3 aromatic rings. The second-order valence-corrected chi connectivity index (χ2v) is 8.57. The van der Waals surface area contributed by atoms with E-state index in [1.165, 1.54) is 33.8 Å². The van der Waals surface area contributed by atoms with Crippen LogP contribution in [-0.2, 0) is 10.0 Å². The molecular weight excluding hydrogens is 361 g/mol. The van der Waals surface area contributed by atoms with Crippen LogP contribution < -0.4 is 5.73 Å². The average Bonchev–Trinajstić information content (AvgIpc) is 2.94. The van der Waals surface area contributed by atoms with Crippen LogP contribution in [0.5, 0.6) is 0 Å². The lowest BCUT2D eigenvalue weighted by Gasteiger charge is -2.27. The van der Waals surface area contributed by atoms with Crippen LogP contribution in [0, 0.1) is 5.82 Å². The van der Waals surface area contributed by atoms with Gasteiger partial charge in [-0.15, -0.1) is 0 Å². The lowest BCUT2D eigenvalue weighted by atomic mass is 10.1. The number of nitrogens with two attached hydrogens (primary N) is 1. The van der Waals surface area contributed by atoms with Crippen LogP contribution in [-0.4, -0.2) is 24.3 Å². The highest BCUT2D eigenvalue weighted by atomic mass is 32.2. The molecule has 0 aliphatic heterocycles. The standard InChI is InChI=1S/C17H18FN3O2S2/c1-3-21(11(2)12-4-6-13(18)7-5-12)25(22,23)14-8-9-16-15(10-14)20-17(19)24-16/h4-11H,3H2,1-2H3,(H2,19,20)/t11-/m0/s1. The Kier molecular flexibility index (Phi) is 4.77. The summed E-state index contributed by atoms with van der Waals surface area (Å²) >= 11 is 1.31. The molecule has 0 saturated carbocycles. The first-order chi connectivity index (χ1) is 11.8. The van der Waals surface area contributed by atoms with Gasteiger partial charge in [-0.05, 0) is 42.8 Å². The number of aromatic nitrogens is 1. The van der Waals surface area contributed by atoms with Gasteiger partial charge >= 0.3 is 0 Å². The van der Waals surface area contributed by atoms with Crippen molar-refractivity contribution in [2.45, 2.75) is 24.8 Å². The zero-order chi connectivity index (χ0) is 18.2. The van der Waals surface area contributed by atoms with Gasteiger partial charge in [-0.1, -0.05) is 30.4 Å². The van der Waals surface area contributed by atoms with E-state index in [0.29, 0.717) is 10.6 Å². The van der Waals surface area contributed by atoms with Gasteiger partial charge in [-0.3, -0.25) is 0 Å². The highest BCUT2D eigenvalue weighted by Crippen LogP contribution is 2.30. The van der Waals surface area contributed by atoms with Crippen LogP contribution in [0.3, 0.4) is 0 Å². The molecule has 8 heteroatoms. The van der Waals surface area contributed by atoms with Crippen molar-refractivity contribution in [3.63, 3.8) is 0 Å². The topological polar surface area (TPSA) is 76.3 Å². The number of nitrogen functional groups attached to an aromatic ring is 1. The van der Waals surface area contributed by atoms with Gasteiger partial charge in [0.2, 0.25) is 10.0 Å². The van der Waals surface area contributed by atoms with E-state index < -0.39 is 16.1 Å². The van der Waals surface area contributed by atoms with Crippen LogP contribution in [0.4, 0.5) is 9.52 Å². The molecule has 0 saturated heterocycles. The minimum atomic E-state index is -3.73. The molecule has 1 atom stereocenters. The minimum Gasteiger partial charge on any atom is -0.375 e. The first-order valence-electron chi connectivity index (χ1n) is 7.76. The molecule has 0 radical (unpaired) electrons. The van der Waals surface area contributed by atoms with Crippen molar-refractivity contribution in [3.8, 4) is 0 Å². The van der Waals surface area contributed by atoms with E-state index in [-0.39, 0.29) is 17.3 Å². The van der Waals surface area contributed by atoms with Crippen molar-refractivity contribution in [1.82, 2.24) is 9.29 Å². The van der Waals surface area contributed by atoms with Crippen LogP contribution in [0.25, 0.3) is 10.2 Å². The predicted octanol–water partition coefficient (Wildman–Crippen LogP) is 3.79. The van der Waals surface area contributed by atoms with E-state index in [9.17, 15) is 12.8 Å². The third-order valence-corrected chi connectivity index (χ3v) is 6.99. The fourth-order valence-corrected chi connectivity index (χ4v) is 5.14. The number of sulfonamides is 1. The molecule has 0 unspecified atom stereocenters. The Hall–Kier alpha value is -2.03. The van der Waals surface area contributed by atoms with Gasteiger partial charge in [0.15, 0.2) is 5.13 Å². The molecule has 0 amide bonds. The van der Waals surface area contributed by atoms with Gasteiger partial charge in [-0.2, -0.15) is 4.31 Å². The van der Waals surface area contributed by atoms with Gasteiger partial charge in [0.1, 0.15) is 5.82 Å². The van der Waals surface area contributed by atoms with Crippen LogP contribution in [0.2, 0.25) is 0 Å². The Morgan fingerprint density at radius 2 is 1.92 bits per heavy atom. The quantitative estimate of drug-likeness (QED) is 0.732. The summed E-state index contributed by atoms with van der Waals surface area (Å²) < 4.78 is 41.5. The Balaban J connectivity index is 2.00. The average molecular weight is 379 g/mol. The SMILES string of the molecule is CCN([C@@H](C)c1ccc(F)cc1)S(=O)(=O)c1ccc2sc(N)nc2c1. The number of anilines is 1. The molecular formula is C17H18FN3O2S2. The van der Waals surface area contributed by atoms with Crippen molar-refractivity contribution in [2.75, 3.05) is 12.3 Å². The number of rotatable bonds is 5. The highest BCUT2D eigenvalue weighted by molar-refractivity contribution is 7.89. The molecule has 0 aliphatic carbocycles. The van der Waals surface area contributed by atoms with E-state index >= 15 is 0 Å². The Morgan fingerprint density at radius 3 is 2.56 bits per heavy atom. The zero-order valence-electron chi connectivity index (χ0n) is 13.8. The molecule has 25 heavy (non-hydrogen) atoms. The normalized spacial score (nSPS) is 13.4. The summed E-state index contributed by atoms with van der Waals surface area (Å²) in [6, 6.07) is 10.3. The number of thiazole rings is 1. The summed E-state index contributed by atoms with van der Waals surface area (Å²) in [5, 5.41) is 0.400. The zero-order valence-corrected chi connectivity index (χ0v) is 15.4. The van der Waals surface area contributed by atoms with Gasteiger partial charge < -0.3 is 5.73 Å². The fourth-order valence-electron chi connectivity index (χ4n) is 2.78. The van der Waals surface area contributed by atoms with Crippen molar-refractivity contribution in [2.24, 2.45) is 0 Å². The lowest BCUT2D eigenvalue weighted by molar-refractivity contribution is 0.357. The van der Waals surface area contributed by atoms with Gasteiger partial charge in [-0.25, -0.2) is 17.8 Å². The predicted molar refractivity (Wildman–Crippen MR) is 98.4 cm³/mol. The van der Waals surface area contributed by atoms with Crippen molar-refractivity contribution >= 4 is 36.7 Å². The van der Waals surface area contributed by atoms with Gasteiger partial charge in [0.25, 0.3) is 0 Å². The van der Waals surface area contributed by atoms with Crippen molar-refractivity contribution < 1.29 is 12.8 Å². The molecule has 2 N–H and O–H groups in total. The van der Waals surface area contributed by atoms with E-state index in [4.69, 9.17) is 5.73 Å². The summed E-state index contributed by atoms with van der Waals surface area (Å²) in [6.07, 6.45) is 0. The maximum Gasteiger partial charge on any atom is 0.243 e. The number of hydrogen-bond donors (Lipinski definition) is 1. The Morgan fingerprint density at radius 1 is 1.24 bits per heavy atom. The Bertz CT molecular complexity index is 1000. The smallest absolute Gasteiger partial charge is 0.243 e. The van der Waals surface area contributed by atoms with E-state index in [1.807, 2.05) is 0 Å². The van der Waals surface area contributed by atoms with Crippen LogP contribution in [0.1, 0.15) is 25.5 Å². The largest absolute Gasteiger partial charge is 0.375 e. The lowest BCUT2D eigenvalue weighted by Crippen LogP contribution is -2.33. The molecule has 0 bridgehead atoms.